The third-order valence-electron chi connectivity index (χ3n) is 5.02. The van der Waals surface area contributed by atoms with Crippen molar-refractivity contribution >= 4 is 11.9 Å². The van der Waals surface area contributed by atoms with Gasteiger partial charge in [0.2, 0.25) is 6.43 Å². The Morgan fingerprint density at radius 2 is 1.77 bits per heavy atom. The quantitative estimate of drug-likeness (QED) is 0.344. The van der Waals surface area contributed by atoms with Gasteiger partial charge in [0.25, 0.3) is 0 Å². The number of aldehydes is 1. The summed E-state index contributed by atoms with van der Waals surface area (Å²) in [6.45, 7) is 8.44. The maximum absolute atomic E-state index is 12.9. The molecule has 0 aliphatic heterocycles. The van der Waals surface area contributed by atoms with Gasteiger partial charge in [-0.2, -0.15) is 0 Å². The van der Waals surface area contributed by atoms with E-state index in [1.807, 2.05) is 31.2 Å². The maximum Gasteiger partial charge on any atom is 0.242 e. The van der Waals surface area contributed by atoms with Crippen molar-refractivity contribution in [3.05, 3.63) is 52.6 Å². The molecule has 0 saturated heterocycles. The number of benzene rings is 1. The lowest BCUT2D eigenvalue weighted by Gasteiger charge is -2.20. The van der Waals surface area contributed by atoms with Gasteiger partial charge < -0.3 is 0 Å². The van der Waals surface area contributed by atoms with Crippen LogP contribution in [-0.4, -0.2) is 12.7 Å². The van der Waals surface area contributed by atoms with E-state index in [9.17, 15) is 13.6 Å². The van der Waals surface area contributed by atoms with E-state index in [0.717, 1.165) is 42.3 Å². The Hall–Kier alpha value is -1.77. The van der Waals surface area contributed by atoms with Crippen LogP contribution in [0.2, 0.25) is 0 Å². The molecule has 26 heavy (non-hydrogen) atoms. The molecule has 0 spiro atoms. The molecule has 0 heterocycles. The van der Waals surface area contributed by atoms with Crippen LogP contribution in [0.3, 0.4) is 0 Å². The Morgan fingerprint density at radius 1 is 1.15 bits per heavy atom. The molecule has 3 heteroatoms. The molecule has 0 amide bonds. The van der Waals surface area contributed by atoms with Gasteiger partial charge in [-0.1, -0.05) is 56.7 Å². The number of hydrogen-bond acceptors (Lipinski definition) is 1. The van der Waals surface area contributed by atoms with Crippen LogP contribution in [0.1, 0.15) is 69.3 Å². The van der Waals surface area contributed by atoms with E-state index in [4.69, 9.17) is 0 Å². The third-order valence-corrected chi connectivity index (χ3v) is 5.02. The standard InChI is InChI=1S/C23H30F2O/c1-15(2)11-16(3)21(19-7-5-18(14-26)6-8-19)13-22(20-9-10-20)17(4)12-23(24)25/h5-8,13-16,20,23H,9-12H2,1-4H3/b21-13+,22-17-. The lowest BCUT2D eigenvalue weighted by atomic mass is 9.85. The fraction of sp³-hybridized carbons (Fsp3) is 0.522. The molecule has 0 bridgehead atoms. The van der Waals surface area contributed by atoms with Gasteiger partial charge >= 0.3 is 0 Å². The van der Waals surface area contributed by atoms with E-state index in [0.29, 0.717) is 23.3 Å². The number of allylic oxidation sites excluding steroid dienone is 4. The number of hydrogen-bond donors (Lipinski definition) is 0. The predicted molar refractivity (Wildman–Crippen MR) is 104 cm³/mol. The van der Waals surface area contributed by atoms with Gasteiger partial charge in [0, 0.05) is 12.0 Å². The third kappa shape index (κ3) is 5.89. The molecule has 1 atom stereocenters. The number of alkyl halides is 2. The van der Waals surface area contributed by atoms with E-state index in [1.54, 1.807) is 0 Å². The molecule has 1 nitrogen and oxygen atoms in total. The highest BCUT2D eigenvalue weighted by atomic mass is 19.3. The molecule has 1 unspecified atom stereocenters. The van der Waals surface area contributed by atoms with Crippen LogP contribution >= 0.6 is 0 Å². The van der Waals surface area contributed by atoms with Gasteiger partial charge in [-0.05, 0) is 60.6 Å². The summed E-state index contributed by atoms with van der Waals surface area (Å²) in [4.78, 5) is 10.9. The van der Waals surface area contributed by atoms with Crippen LogP contribution in [-0.2, 0) is 0 Å². The van der Waals surface area contributed by atoms with Gasteiger partial charge in [0.05, 0.1) is 0 Å². The molecule has 0 N–H and O–H groups in total. The molecule has 1 aromatic carbocycles. The zero-order valence-electron chi connectivity index (χ0n) is 16.3. The summed E-state index contributed by atoms with van der Waals surface area (Å²) >= 11 is 0. The SMILES string of the molecule is C/C(CC(F)F)=C(\C=C(\c1ccc(C=O)cc1)C(C)CC(C)C)C1CC1. The smallest absolute Gasteiger partial charge is 0.242 e. The predicted octanol–water partition coefficient (Wildman–Crippen LogP) is 6.95. The van der Waals surface area contributed by atoms with Crippen molar-refractivity contribution < 1.29 is 13.6 Å². The highest BCUT2D eigenvalue weighted by Gasteiger charge is 2.28. The van der Waals surface area contributed by atoms with E-state index in [-0.39, 0.29) is 6.42 Å². The summed E-state index contributed by atoms with van der Waals surface area (Å²) in [5, 5.41) is 0. The summed E-state index contributed by atoms with van der Waals surface area (Å²) < 4.78 is 25.8. The summed E-state index contributed by atoms with van der Waals surface area (Å²) in [6.07, 6.45) is 3.75. The van der Waals surface area contributed by atoms with Crippen molar-refractivity contribution in [2.45, 2.75) is 59.8 Å². The second-order valence-corrected chi connectivity index (χ2v) is 7.98. The van der Waals surface area contributed by atoms with Crippen molar-refractivity contribution in [1.82, 2.24) is 0 Å². The zero-order chi connectivity index (χ0) is 19.3. The van der Waals surface area contributed by atoms with Gasteiger partial charge in [0.1, 0.15) is 6.29 Å². The Morgan fingerprint density at radius 3 is 2.23 bits per heavy atom. The fourth-order valence-corrected chi connectivity index (χ4v) is 3.60. The topological polar surface area (TPSA) is 17.1 Å². The van der Waals surface area contributed by atoms with Crippen molar-refractivity contribution in [2.75, 3.05) is 0 Å². The van der Waals surface area contributed by atoms with Crippen molar-refractivity contribution in [1.29, 1.82) is 0 Å². The molecule has 1 aliphatic rings. The summed E-state index contributed by atoms with van der Waals surface area (Å²) in [5.41, 5.74) is 4.81. The lowest BCUT2D eigenvalue weighted by Crippen LogP contribution is -2.05. The Balaban J connectivity index is 2.45. The molecular weight excluding hydrogens is 330 g/mol. The summed E-state index contributed by atoms with van der Waals surface area (Å²) in [5.74, 6) is 1.30. The molecule has 0 radical (unpaired) electrons. The normalized spacial score (nSPS) is 17.5. The first-order valence-electron chi connectivity index (χ1n) is 9.56. The summed E-state index contributed by atoms with van der Waals surface area (Å²) in [7, 11) is 0. The van der Waals surface area contributed by atoms with Gasteiger partial charge in [-0.15, -0.1) is 0 Å². The summed E-state index contributed by atoms with van der Waals surface area (Å²) in [6, 6.07) is 7.59. The Labute approximate surface area is 156 Å². The molecule has 1 aliphatic carbocycles. The molecule has 0 aromatic heterocycles. The van der Waals surface area contributed by atoms with E-state index < -0.39 is 6.43 Å². The van der Waals surface area contributed by atoms with Crippen LogP contribution < -0.4 is 0 Å². The minimum atomic E-state index is -2.31. The van der Waals surface area contributed by atoms with Gasteiger partial charge in [-0.25, -0.2) is 8.78 Å². The largest absolute Gasteiger partial charge is 0.298 e. The first-order chi connectivity index (χ1) is 12.3. The second kappa shape index (κ2) is 9.25. The van der Waals surface area contributed by atoms with Crippen molar-refractivity contribution in [2.24, 2.45) is 17.8 Å². The monoisotopic (exact) mass is 360 g/mol. The van der Waals surface area contributed by atoms with Crippen LogP contribution in [0.5, 0.6) is 0 Å². The van der Waals surface area contributed by atoms with Crippen LogP contribution in [0.4, 0.5) is 8.78 Å². The Bertz CT molecular complexity index is 664. The van der Waals surface area contributed by atoms with Gasteiger partial charge in [-0.3, -0.25) is 4.79 Å². The Kier molecular flexibility index (Phi) is 7.31. The first kappa shape index (κ1) is 20.5. The molecule has 142 valence electrons. The van der Waals surface area contributed by atoms with Crippen LogP contribution in [0.15, 0.2) is 41.5 Å². The fourth-order valence-electron chi connectivity index (χ4n) is 3.60. The van der Waals surface area contributed by atoms with Crippen molar-refractivity contribution in [3.63, 3.8) is 0 Å². The first-order valence-corrected chi connectivity index (χ1v) is 9.56. The van der Waals surface area contributed by atoms with E-state index in [1.165, 1.54) is 5.57 Å². The van der Waals surface area contributed by atoms with Crippen LogP contribution in [0.25, 0.3) is 5.57 Å². The molecule has 1 fully saturated rings. The van der Waals surface area contributed by atoms with Crippen molar-refractivity contribution in [3.8, 4) is 0 Å². The number of carbonyl (C=O) groups excluding carboxylic acids is 1. The second-order valence-electron chi connectivity index (χ2n) is 7.98. The number of rotatable bonds is 9. The molecule has 1 saturated carbocycles. The average Bonchev–Trinajstić information content (AvgIpc) is 3.39. The van der Waals surface area contributed by atoms with Crippen LogP contribution in [0, 0.1) is 17.8 Å². The highest BCUT2D eigenvalue weighted by molar-refractivity contribution is 5.77. The minimum absolute atomic E-state index is 0.155. The number of carbonyl (C=O) groups is 1. The lowest BCUT2D eigenvalue weighted by molar-refractivity contribution is 0.112. The molecular formula is C23H30F2O. The minimum Gasteiger partial charge on any atom is -0.298 e. The maximum atomic E-state index is 12.9. The van der Waals surface area contributed by atoms with E-state index >= 15 is 0 Å². The zero-order valence-corrected chi connectivity index (χ0v) is 16.3. The number of halogens is 2. The molecule has 2 rings (SSSR count). The average molecular weight is 360 g/mol. The molecule has 1 aromatic rings. The van der Waals surface area contributed by atoms with E-state index in [2.05, 4.69) is 26.8 Å². The van der Waals surface area contributed by atoms with Gasteiger partial charge in [0.15, 0.2) is 0 Å². The highest BCUT2D eigenvalue weighted by Crippen LogP contribution is 2.42.